The van der Waals surface area contributed by atoms with Crippen LogP contribution in [0.4, 0.5) is 0 Å². The van der Waals surface area contributed by atoms with Gasteiger partial charge in [0, 0.05) is 29.9 Å². The Morgan fingerprint density at radius 3 is 2.57 bits per heavy atom. The second kappa shape index (κ2) is 8.33. The fourth-order valence-corrected chi connectivity index (χ4v) is 2.46. The van der Waals surface area contributed by atoms with Crippen molar-refractivity contribution in [3.63, 3.8) is 0 Å². The fraction of sp³-hybridized carbons (Fsp3) is 0.462. The van der Waals surface area contributed by atoms with E-state index in [9.17, 15) is 13.2 Å². The highest BCUT2D eigenvalue weighted by Gasteiger charge is 2.14. The number of nitrogens with one attached hydrogen (secondary N) is 1. The third kappa shape index (κ3) is 6.43. The van der Waals surface area contributed by atoms with Crippen molar-refractivity contribution in [2.45, 2.75) is 11.8 Å². The highest BCUT2D eigenvalue weighted by atomic mass is 35.7. The molecule has 1 rings (SSSR count). The molecule has 1 amide bonds. The highest BCUT2D eigenvalue weighted by Crippen LogP contribution is 2.18. The van der Waals surface area contributed by atoms with Gasteiger partial charge < -0.3 is 14.8 Å². The first-order valence-electron chi connectivity index (χ1n) is 6.26. The van der Waals surface area contributed by atoms with Gasteiger partial charge in [0.25, 0.3) is 15.0 Å². The van der Waals surface area contributed by atoms with Crippen LogP contribution in [-0.2, 0) is 18.5 Å². The van der Waals surface area contributed by atoms with Gasteiger partial charge in [0.1, 0.15) is 0 Å². The van der Waals surface area contributed by atoms with Crippen molar-refractivity contribution in [2.75, 3.05) is 33.5 Å². The monoisotopic (exact) mass is 335 g/mol. The summed E-state index contributed by atoms with van der Waals surface area (Å²) in [5, 5.41) is 2.64. The lowest BCUT2D eigenvalue weighted by Gasteiger charge is -2.08. The lowest BCUT2D eigenvalue weighted by Crippen LogP contribution is -2.27. The van der Waals surface area contributed by atoms with E-state index in [-0.39, 0.29) is 16.4 Å². The summed E-state index contributed by atoms with van der Waals surface area (Å²) < 4.78 is 32.7. The summed E-state index contributed by atoms with van der Waals surface area (Å²) in [4.78, 5) is 11.8. The van der Waals surface area contributed by atoms with Gasteiger partial charge in [-0.3, -0.25) is 4.79 Å². The molecule has 0 fully saturated rings. The number of amides is 1. The molecule has 0 radical (unpaired) electrons. The summed E-state index contributed by atoms with van der Waals surface area (Å²) in [7, 11) is 3.00. The summed E-state index contributed by atoms with van der Waals surface area (Å²) in [6.45, 7) is 3.30. The van der Waals surface area contributed by atoms with Crippen molar-refractivity contribution in [2.24, 2.45) is 0 Å². The van der Waals surface area contributed by atoms with E-state index in [0.717, 1.165) is 0 Å². The minimum Gasteiger partial charge on any atom is -0.382 e. The Hall–Kier alpha value is -1.15. The molecule has 118 valence electrons. The molecule has 0 atom stereocenters. The molecule has 0 saturated heterocycles. The lowest BCUT2D eigenvalue weighted by atomic mass is 10.1. The molecular weight excluding hydrogens is 318 g/mol. The van der Waals surface area contributed by atoms with E-state index in [2.05, 4.69) is 5.32 Å². The molecule has 0 aliphatic carbocycles. The van der Waals surface area contributed by atoms with Gasteiger partial charge >= 0.3 is 0 Å². The van der Waals surface area contributed by atoms with Crippen molar-refractivity contribution in [3.05, 3.63) is 29.3 Å². The topological polar surface area (TPSA) is 81.7 Å². The van der Waals surface area contributed by atoms with E-state index in [0.29, 0.717) is 31.9 Å². The minimum absolute atomic E-state index is 0.0920. The Balaban J connectivity index is 2.60. The largest absolute Gasteiger partial charge is 0.382 e. The van der Waals surface area contributed by atoms with E-state index in [1.54, 1.807) is 20.1 Å². The molecule has 0 saturated carbocycles. The molecule has 0 aliphatic rings. The zero-order valence-electron chi connectivity index (χ0n) is 11.9. The maximum Gasteiger partial charge on any atom is 0.261 e. The van der Waals surface area contributed by atoms with Crippen LogP contribution in [0, 0.1) is 6.92 Å². The van der Waals surface area contributed by atoms with Gasteiger partial charge in [-0.05, 0) is 30.7 Å². The third-order valence-corrected chi connectivity index (χ3v) is 3.89. The predicted octanol–water partition coefficient (Wildman–Crippen LogP) is 1.32. The SMILES string of the molecule is COCCOCCNC(=O)c1cc(C)cc(S(=O)(=O)Cl)c1. The Morgan fingerprint density at radius 1 is 1.24 bits per heavy atom. The fourth-order valence-electron chi connectivity index (χ4n) is 1.60. The molecule has 0 spiro atoms. The number of hydrogen-bond donors (Lipinski definition) is 1. The van der Waals surface area contributed by atoms with Crippen molar-refractivity contribution in [1.29, 1.82) is 0 Å². The molecule has 21 heavy (non-hydrogen) atoms. The molecule has 0 aromatic heterocycles. The number of methoxy groups -OCH3 is 1. The van der Waals surface area contributed by atoms with Crippen molar-refractivity contribution in [1.82, 2.24) is 5.32 Å². The van der Waals surface area contributed by atoms with Gasteiger partial charge in [-0.1, -0.05) is 0 Å². The first-order valence-corrected chi connectivity index (χ1v) is 8.57. The summed E-state index contributed by atoms with van der Waals surface area (Å²) in [6, 6.07) is 4.25. The van der Waals surface area contributed by atoms with Crippen LogP contribution in [-0.4, -0.2) is 47.8 Å². The van der Waals surface area contributed by atoms with Crippen LogP contribution in [0.3, 0.4) is 0 Å². The van der Waals surface area contributed by atoms with Gasteiger partial charge in [-0.2, -0.15) is 0 Å². The summed E-state index contributed by atoms with van der Waals surface area (Å²) >= 11 is 0. The molecule has 0 heterocycles. The first-order chi connectivity index (χ1) is 9.84. The standard InChI is InChI=1S/C13H18ClNO5S/c1-10-7-11(9-12(8-10)21(14,17)18)13(16)15-3-4-20-6-5-19-2/h7-9H,3-6H2,1-2H3,(H,15,16). The van der Waals surface area contributed by atoms with Gasteiger partial charge in [-0.25, -0.2) is 8.42 Å². The molecule has 0 unspecified atom stereocenters. The number of halogens is 1. The Labute approximate surface area is 128 Å². The summed E-state index contributed by atoms with van der Waals surface area (Å²) in [5.41, 5.74) is 0.879. The lowest BCUT2D eigenvalue weighted by molar-refractivity contribution is 0.0692. The Morgan fingerprint density at radius 2 is 1.95 bits per heavy atom. The molecule has 6 nitrogen and oxygen atoms in total. The number of rotatable bonds is 8. The maximum absolute atomic E-state index is 11.9. The quantitative estimate of drug-likeness (QED) is 0.572. The Kier molecular flexibility index (Phi) is 7.10. The average molecular weight is 336 g/mol. The number of aryl methyl sites for hydroxylation is 1. The smallest absolute Gasteiger partial charge is 0.261 e. The molecular formula is C13H18ClNO5S. The molecule has 1 N–H and O–H groups in total. The zero-order valence-corrected chi connectivity index (χ0v) is 13.5. The van der Waals surface area contributed by atoms with Crippen LogP contribution in [0.25, 0.3) is 0 Å². The highest BCUT2D eigenvalue weighted by molar-refractivity contribution is 8.13. The molecule has 1 aromatic carbocycles. The van der Waals surface area contributed by atoms with E-state index in [4.69, 9.17) is 20.2 Å². The number of ether oxygens (including phenoxy) is 2. The van der Waals surface area contributed by atoms with E-state index < -0.39 is 9.05 Å². The van der Waals surface area contributed by atoms with E-state index in [1.807, 2.05) is 0 Å². The molecule has 1 aromatic rings. The molecule has 0 bridgehead atoms. The van der Waals surface area contributed by atoms with E-state index >= 15 is 0 Å². The average Bonchev–Trinajstić information content (AvgIpc) is 2.40. The van der Waals surface area contributed by atoms with Gasteiger partial charge in [0.2, 0.25) is 0 Å². The van der Waals surface area contributed by atoms with Crippen LogP contribution in [0.2, 0.25) is 0 Å². The first kappa shape index (κ1) is 17.9. The zero-order chi connectivity index (χ0) is 15.9. The van der Waals surface area contributed by atoms with Gasteiger partial charge in [0.15, 0.2) is 0 Å². The second-order valence-corrected chi connectivity index (χ2v) is 6.90. The van der Waals surface area contributed by atoms with Crippen molar-refractivity contribution in [3.8, 4) is 0 Å². The minimum atomic E-state index is -3.86. The number of carbonyl (C=O) groups excluding carboxylic acids is 1. The van der Waals surface area contributed by atoms with Crippen molar-refractivity contribution >= 4 is 25.6 Å². The van der Waals surface area contributed by atoms with Crippen LogP contribution < -0.4 is 5.32 Å². The summed E-state index contributed by atoms with van der Waals surface area (Å²) in [6.07, 6.45) is 0. The predicted molar refractivity (Wildman–Crippen MR) is 79.2 cm³/mol. The second-order valence-electron chi connectivity index (χ2n) is 4.33. The van der Waals surface area contributed by atoms with Gasteiger partial charge in [0.05, 0.1) is 24.7 Å². The van der Waals surface area contributed by atoms with Crippen LogP contribution >= 0.6 is 10.7 Å². The normalized spacial score (nSPS) is 11.4. The Bertz CT molecular complexity index is 588. The van der Waals surface area contributed by atoms with E-state index in [1.165, 1.54) is 12.1 Å². The molecule has 0 aliphatic heterocycles. The third-order valence-electron chi connectivity index (χ3n) is 2.56. The van der Waals surface area contributed by atoms with Gasteiger partial charge in [-0.15, -0.1) is 0 Å². The van der Waals surface area contributed by atoms with Crippen LogP contribution in [0.5, 0.6) is 0 Å². The van der Waals surface area contributed by atoms with Crippen molar-refractivity contribution < 1.29 is 22.7 Å². The maximum atomic E-state index is 11.9. The number of benzene rings is 1. The number of carbonyl (C=O) groups is 1. The number of hydrogen-bond acceptors (Lipinski definition) is 5. The summed E-state index contributed by atoms with van der Waals surface area (Å²) in [5.74, 6) is -0.379. The van der Waals surface area contributed by atoms with Crippen LogP contribution in [0.1, 0.15) is 15.9 Å². The molecule has 8 heteroatoms. The van der Waals surface area contributed by atoms with Crippen LogP contribution in [0.15, 0.2) is 23.1 Å².